The Morgan fingerprint density at radius 1 is 0.935 bits per heavy atom. The molecular weight excluding hydrogens is 388 g/mol. The van der Waals surface area contributed by atoms with Crippen molar-refractivity contribution in [1.29, 1.82) is 0 Å². The lowest BCUT2D eigenvalue weighted by molar-refractivity contribution is -0.130. The van der Waals surface area contributed by atoms with Gasteiger partial charge in [-0.15, -0.1) is 0 Å². The zero-order valence-corrected chi connectivity index (χ0v) is 18.5. The van der Waals surface area contributed by atoms with Crippen molar-refractivity contribution in [3.63, 3.8) is 0 Å². The van der Waals surface area contributed by atoms with Gasteiger partial charge in [0.15, 0.2) is 5.78 Å². The Kier molecular flexibility index (Phi) is 4.92. The quantitative estimate of drug-likeness (QED) is 0.496. The summed E-state index contributed by atoms with van der Waals surface area (Å²) in [6, 6.07) is 14.7. The van der Waals surface area contributed by atoms with E-state index in [-0.39, 0.29) is 12.3 Å². The minimum atomic E-state index is -1.23. The highest BCUT2D eigenvalue weighted by Crippen LogP contribution is 2.34. The lowest BCUT2D eigenvalue weighted by atomic mass is 9.87. The number of aryl methyl sites for hydroxylation is 1. The molecule has 5 nitrogen and oxygen atoms in total. The van der Waals surface area contributed by atoms with Gasteiger partial charge >= 0.3 is 6.03 Å². The van der Waals surface area contributed by atoms with Crippen molar-refractivity contribution in [2.24, 2.45) is 0 Å². The minimum absolute atomic E-state index is 0.241. The first kappa shape index (κ1) is 20.8. The first-order valence-corrected chi connectivity index (χ1v) is 10.4. The Hall–Kier alpha value is -3.47. The third-order valence-electron chi connectivity index (χ3n) is 6.69. The third kappa shape index (κ3) is 3.21. The number of fused-ring (bicyclic) bond motifs is 1. The number of amides is 3. The normalized spacial score (nSPS) is 18.5. The van der Waals surface area contributed by atoms with E-state index in [1.54, 1.807) is 6.92 Å². The third-order valence-corrected chi connectivity index (χ3v) is 6.69. The molecular formula is C26H26N2O3. The molecule has 0 aromatic heterocycles. The van der Waals surface area contributed by atoms with E-state index in [1.165, 1.54) is 0 Å². The van der Waals surface area contributed by atoms with Crippen molar-refractivity contribution in [1.82, 2.24) is 10.2 Å². The minimum Gasteiger partial charge on any atom is -0.319 e. The molecule has 3 aromatic carbocycles. The fourth-order valence-corrected chi connectivity index (χ4v) is 4.41. The number of ketones is 1. The fraction of sp³-hybridized carbons (Fsp3) is 0.269. The van der Waals surface area contributed by atoms with Crippen molar-refractivity contribution in [2.75, 3.05) is 6.54 Å². The molecule has 0 spiro atoms. The van der Waals surface area contributed by atoms with Crippen LogP contribution in [0.1, 0.15) is 45.1 Å². The van der Waals surface area contributed by atoms with Gasteiger partial charge in [0, 0.05) is 5.56 Å². The van der Waals surface area contributed by atoms with Crippen LogP contribution in [0.15, 0.2) is 48.5 Å². The molecule has 0 aliphatic carbocycles. The molecule has 5 heteroatoms. The number of nitrogens with zero attached hydrogens (tertiary/aromatic N) is 1. The van der Waals surface area contributed by atoms with Crippen LogP contribution in [0.2, 0.25) is 0 Å². The van der Waals surface area contributed by atoms with Gasteiger partial charge in [-0.25, -0.2) is 4.79 Å². The van der Waals surface area contributed by atoms with Gasteiger partial charge in [0.25, 0.3) is 5.91 Å². The second-order valence-electron chi connectivity index (χ2n) is 8.51. The van der Waals surface area contributed by atoms with Gasteiger partial charge < -0.3 is 5.32 Å². The first-order valence-electron chi connectivity index (χ1n) is 10.4. The lowest BCUT2D eigenvalue weighted by Crippen LogP contribution is -2.41. The average Bonchev–Trinajstić information content (AvgIpc) is 2.98. The maximum atomic E-state index is 13.4. The van der Waals surface area contributed by atoms with Gasteiger partial charge in [-0.1, -0.05) is 42.5 Å². The Bertz CT molecular complexity index is 1260. The summed E-state index contributed by atoms with van der Waals surface area (Å²) >= 11 is 0. The van der Waals surface area contributed by atoms with Crippen LogP contribution in [0.4, 0.5) is 4.79 Å². The van der Waals surface area contributed by atoms with Crippen LogP contribution in [0.5, 0.6) is 0 Å². The maximum Gasteiger partial charge on any atom is 0.325 e. The Balaban J connectivity index is 1.69. The van der Waals surface area contributed by atoms with E-state index in [0.29, 0.717) is 5.56 Å². The van der Waals surface area contributed by atoms with Crippen molar-refractivity contribution in [3.05, 3.63) is 81.9 Å². The van der Waals surface area contributed by atoms with Gasteiger partial charge in [0.05, 0.1) is 6.54 Å². The van der Waals surface area contributed by atoms with E-state index in [0.717, 1.165) is 43.5 Å². The number of nitrogens with one attached hydrogen (secondary N) is 1. The van der Waals surface area contributed by atoms with E-state index in [9.17, 15) is 14.4 Å². The number of urea groups is 1. The number of rotatable bonds is 4. The molecule has 0 bridgehead atoms. The number of benzene rings is 3. The standard InChI is InChI=1S/C26H26N2O3/c1-15-13-21(18(4)17(3)16(15)2)23(29)14-28-24(30)26(5,27-25(28)31)22-12-8-10-19-9-6-7-11-20(19)22/h6-13H,14H2,1-5H3,(H,27,31). The summed E-state index contributed by atoms with van der Waals surface area (Å²) in [6.07, 6.45) is 0. The summed E-state index contributed by atoms with van der Waals surface area (Å²) < 4.78 is 0. The zero-order chi connectivity index (χ0) is 22.5. The molecule has 0 radical (unpaired) electrons. The summed E-state index contributed by atoms with van der Waals surface area (Å²) in [6.45, 7) is 9.29. The van der Waals surface area contributed by atoms with Crippen molar-refractivity contribution >= 4 is 28.5 Å². The van der Waals surface area contributed by atoms with Crippen molar-refractivity contribution in [3.8, 4) is 0 Å². The SMILES string of the molecule is Cc1cc(C(=O)CN2C(=O)NC(C)(c3cccc4ccccc34)C2=O)c(C)c(C)c1C. The van der Waals surface area contributed by atoms with Crippen LogP contribution >= 0.6 is 0 Å². The Labute approximate surface area is 182 Å². The molecule has 0 saturated carbocycles. The molecule has 4 rings (SSSR count). The molecule has 3 aromatic rings. The molecule has 1 N–H and O–H groups in total. The van der Waals surface area contributed by atoms with Crippen LogP contribution in [0.25, 0.3) is 10.8 Å². The molecule has 1 aliphatic rings. The first-order chi connectivity index (χ1) is 14.6. The highest BCUT2D eigenvalue weighted by atomic mass is 16.2. The van der Waals surface area contributed by atoms with Crippen LogP contribution < -0.4 is 5.32 Å². The Morgan fingerprint density at radius 2 is 1.61 bits per heavy atom. The maximum absolute atomic E-state index is 13.4. The molecule has 31 heavy (non-hydrogen) atoms. The van der Waals surface area contributed by atoms with E-state index in [1.807, 2.05) is 76.2 Å². The van der Waals surface area contributed by atoms with Crippen LogP contribution in [-0.4, -0.2) is 29.2 Å². The van der Waals surface area contributed by atoms with Crippen molar-refractivity contribution < 1.29 is 14.4 Å². The largest absolute Gasteiger partial charge is 0.325 e. The van der Waals surface area contributed by atoms with Crippen LogP contribution in [0.3, 0.4) is 0 Å². The highest BCUT2D eigenvalue weighted by Gasteiger charge is 2.50. The van der Waals surface area contributed by atoms with E-state index in [4.69, 9.17) is 0 Å². The average molecular weight is 415 g/mol. The van der Waals surface area contributed by atoms with Gasteiger partial charge in [0.1, 0.15) is 5.54 Å². The monoisotopic (exact) mass is 414 g/mol. The van der Waals surface area contributed by atoms with Gasteiger partial charge in [-0.2, -0.15) is 0 Å². The van der Waals surface area contributed by atoms with E-state index >= 15 is 0 Å². The smallest absolute Gasteiger partial charge is 0.319 e. The predicted octanol–water partition coefficient (Wildman–Crippen LogP) is 4.72. The Morgan fingerprint density at radius 3 is 2.35 bits per heavy atom. The number of hydrogen-bond donors (Lipinski definition) is 1. The highest BCUT2D eigenvalue weighted by molar-refractivity contribution is 6.12. The second-order valence-corrected chi connectivity index (χ2v) is 8.51. The van der Waals surface area contributed by atoms with Crippen LogP contribution in [0, 0.1) is 27.7 Å². The van der Waals surface area contributed by atoms with Crippen molar-refractivity contribution in [2.45, 2.75) is 40.2 Å². The van der Waals surface area contributed by atoms with E-state index < -0.39 is 17.5 Å². The molecule has 1 unspecified atom stereocenters. The number of imide groups is 1. The summed E-state index contributed by atoms with van der Waals surface area (Å²) in [7, 11) is 0. The molecule has 1 aliphatic heterocycles. The molecule has 3 amide bonds. The molecule has 1 atom stereocenters. The van der Waals surface area contributed by atoms with Gasteiger partial charge in [-0.05, 0) is 79.3 Å². The summed E-state index contributed by atoms with van der Waals surface area (Å²) in [5.74, 6) is -0.658. The molecule has 1 fully saturated rings. The molecule has 1 saturated heterocycles. The van der Waals surface area contributed by atoms with Crippen LogP contribution in [-0.2, 0) is 10.3 Å². The van der Waals surface area contributed by atoms with Gasteiger partial charge in [0.2, 0.25) is 0 Å². The van der Waals surface area contributed by atoms with Gasteiger partial charge in [-0.3, -0.25) is 14.5 Å². The predicted molar refractivity (Wildman–Crippen MR) is 121 cm³/mol. The summed E-state index contributed by atoms with van der Waals surface area (Å²) in [4.78, 5) is 40.4. The number of carbonyl (C=O) groups is 3. The summed E-state index contributed by atoms with van der Waals surface area (Å²) in [5.41, 5.74) is 4.15. The zero-order valence-electron chi connectivity index (χ0n) is 18.5. The second kappa shape index (κ2) is 7.34. The van der Waals surface area contributed by atoms with E-state index in [2.05, 4.69) is 5.32 Å². The summed E-state index contributed by atoms with van der Waals surface area (Å²) in [5, 5.41) is 4.71. The molecule has 1 heterocycles. The number of Topliss-reactive ketones (excluding diaryl/α,β-unsaturated/α-hetero) is 1. The fourth-order valence-electron chi connectivity index (χ4n) is 4.41. The molecule has 158 valence electrons. The number of hydrogen-bond acceptors (Lipinski definition) is 3. The number of carbonyl (C=O) groups excluding carboxylic acids is 3. The topological polar surface area (TPSA) is 66.5 Å². The lowest BCUT2D eigenvalue weighted by Gasteiger charge is -2.24.